The lowest BCUT2D eigenvalue weighted by Gasteiger charge is -2.28. The van der Waals surface area contributed by atoms with Gasteiger partial charge in [0.1, 0.15) is 6.10 Å². The summed E-state index contributed by atoms with van der Waals surface area (Å²) >= 11 is 1.55. The molecule has 9 nitrogen and oxygen atoms in total. The SMILES string of the molecule is CCCN(CCC)C(=O)c1cc(C(N)=O)cc(C(=O)NC(Cc2ccncc2)C(O)C(O)CCSC)c1.[HH]. The zero-order valence-corrected chi connectivity index (χ0v) is 22.5. The van der Waals surface area contributed by atoms with Gasteiger partial charge in [-0.25, -0.2) is 0 Å². The molecule has 37 heavy (non-hydrogen) atoms. The van der Waals surface area contributed by atoms with Crippen molar-refractivity contribution in [1.29, 1.82) is 0 Å². The van der Waals surface area contributed by atoms with E-state index in [0.717, 1.165) is 18.4 Å². The van der Waals surface area contributed by atoms with Crippen LogP contribution in [-0.4, -0.2) is 81.2 Å². The van der Waals surface area contributed by atoms with Gasteiger partial charge in [-0.3, -0.25) is 19.4 Å². The van der Waals surface area contributed by atoms with Crippen LogP contribution in [0.4, 0.5) is 0 Å². The van der Waals surface area contributed by atoms with E-state index in [1.807, 2.05) is 20.1 Å². The van der Waals surface area contributed by atoms with Gasteiger partial charge in [0.15, 0.2) is 0 Å². The highest BCUT2D eigenvalue weighted by Gasteiger charge is 2.29. The first-order valence-corrected chi connectivity index (χ1v) is 13.9. The number of aliphatic hydroxyl groups excluding tert-OH is 2. The minimum atomic E-state index is -1.24. The Labute approximate surface area is 224 Å². The molecule has 3 unspecified atom stereocenters. The molecule has 5 N–H and O–H groups in total. The Bertz CT molecular complexity index is 1040. The fourth-order valence-electron chi connectivity index (χ4n) is 4.02. The van der Waals surface area contributed by atoms with Crippen LogP contribution in [0.5, 0.6) is 0 Å². The summed E-state index contributed by atoms with van der Waals surface area (Å²) in [4.78, 5) is 44.2. The second-order valence-electron chi connectivity index (χ2n) is 8.93. The molecule has 0 aliphatic heterocycles. The molecule has 3 atom stereocenters. The van der Waals surface area contributed by atoms with Crippen molar-refractivity contribution in [2.45, 2.75) is 57.8 Å². The van der Waals surface area contributed by atoms with E-state index in [4.69, 9.17) is 5.73 Å². The molecule has 0 radical (unpaired) electrons. The molecular formula is C27H40N4O5S. The van der Waals surface area contributed by atoms with Gasteiger partial charge in [-0.15, -0.1) is 0 Å². The van der Waals surface area contributed by atoms with E-state index in [-0.39, 0.29) is 30.4 Å². The number of carbonyl (C=O) groups is 3. The van der Waals surface area contributed by atoms with Gasteiger partial charge in [-0.05, 0) is 73.6 Å². The second-order valence-corrected chi connectivity index (χ2v) is 9.92. The summed E-state index contributed by atoms with van der Waals surface area (Å²) in [5.41, 5.74) is 6.61. The van der Waals surface area contributed by atoms with Crippen LogP contribution in [0.15, 0.2) is 42.7 Å². The van der Waals surface area contributed by atoms with Crippen LogP contribution in [0.25, 0.3) is 0 Å². The van der Waals surface area contributed by atoms with Crippen molar-refractivity contribution >= 4 is 29.5 Å². The van der Waals surface area contributed by atoms with Crippen LogP contribution in [0.1, 0.15) is 71.2 Å². The number of carbonyl (C=O) groups excluding carboxylic acids is 3. The number of nitrogens with zero attached hydrogens (tertiary/aromatic N) is 2. The Balaban J connectivity index is 0.00000722. The molecule has 1 aromatic carbocycles. The van der Waals surface area contributed by atoms with Gasteiger partial charge in [-0.2, -0.15) is 11.8 Å². The first-order valence-electron chi connectivity index (χ1n) is 12.5. The number of amides is 3. The van der Waals surface area contributed by atoms with Gasteiger partial charge in [-0.1, -0.05) is 13.8 Å². The number of benzene rings is 1. The Morgan fingerprint density at radius 2 is 1.65 bits per heavy atom. The number of aromatic nitrogens is 1. The highest BCUT2D eigenvalue weighted by atomic mass is 32.2. The molecule has 2 aromatic rings. The van der Waals surface area contributed by atoms with Crippen molar-refractivity contribution in [1.82, 2.24) is 15.2 Å². The fourth-order valence-corrected chi connectivity index (χ4v) is 4.50. The Kier molecular flexibility index (Phi) is 12.5. The Hall–Kier alpha value is -2.95. The molecule has 0 saturated carbocycles. The highest BCUT2D eigenvalue weighted by Crippen LogP contribution is 2.17. The van der Waals surface area contributed by atoms with Crippen molar-refractivity contribution in [2.24, 2.45) is 5.73 Å². The molecule has 0 aliphatic carbocycles. The van der Waals surface area contributed by atoms with E-state index in [0.29, 0.717) is 25.3 Å². The largest absolute Gasteiger partial charge is 0.390 e. The third kappa shape index (κ3) is 9.14. The molecule has 0 bridgehead atoms. The van der Waals surface area contributed by atoms with Crippen molar-refractivity contribution in [3.05, 3.63) is 65.0 Å². The average molecular weight is 533 g/mol. The summed E-state index contributed by atoms with van der Waals surface area (Å²) in [6.07, 6.45) is 4.96. The molecule has 1 heterocycles. The molecule has 3 amide bonds. The zero-order chi connectivity index (χ0) is 27.4. The molecule has 0 fully saturated rings. The number of primary amides is 1. The van der Waals surface area contributed by atoms with E-state index >= 15 is 0 Å². The average Bonchev–Trinajstić information content (AvgIpc) is 2.90. The molecule has 10 heteroatoms. The minimum absolute atomic E-state index is 0. The van der Waals surface area contributed by atoms with E-state index in [9.17, 15) is 24.6 Å². The van der Waals surface area contributed by atoms with Gasteiger partial charge in [0.25, 0.3) is 11.8 Å². The smallest absolute Gasteiger partial charge is 0.253 e. The second kappa shape index (κ2) is 15.3. The molecule has 204 valence electrons. The lowest BCUT2D eigenvalue weighted by atomic mass is 9.96. The summed E-state index contributed by atoms with van der Waals surface area (Å²) in [6.45, 7) is 5.03. The van der Waals surface area contributed by atoms with Crippen LogP contribution in [0, 0.1) is 0 Å². The molecule has 0 aliphatic rings. The lowest BCUT2D eigenvalue weighted by molar-refractivity contribution is -0.00406. The molecule has 2 rings (SSSR count). The maximum absolute atomic E-state index is 13.4. The predicted molar refractivity (Wildman–Crippen MR) is 148 cm³/mol. The number of pyridine rings is 1. The van der Waals surface area contributed by atoms with Crippen molar-refractivity contribution < 1.29 is 26.0 Å². The maximum atomic E-state index is 13.4. The summed E-state index contributed by atoms with van der Waals surface area (Å²) < 4.78 is 0. The van der Waals surface area contributed by atoms with Gasteiger partial charge in [0, 0.05) is 43.6 Å². The summed E-state index contributed by atoms with van der Waals surface area (Å²) in [5.74, 6) is -1.000. The first kappa shape index (κ1) is 30.3. The number of rotatable bonds is 15. The van der Waals surface area contributed by atoms with Crippen molar-refractivity contribution in [3.8, 4) is 0 Å². The lowest BCUT2D eigenvalue weighted by Crippen LogP contribution is -2.50. The predicted octanol–water partition coefficient (Wildman–Crippen LogP) is 2.50. The highest BCUT2D eigenvalue weighted by molar-refractivity contribution is 7.98. The summed E-state index contributed by atoms with van der Waals surface area (Å²) in [7, 11) is 0. The van der Waals surface area contributed by atoms with Crippen molar-refractivity contribution in [3.63, 3.8) is 0 Å². The Morgan fingerprint density at radius 3 is 2.22 bits per heavy atom. The fraction of sp³-hybridized carbons (Fsp3) is 0.481. The van der Waals surface area contributed by atoms with Crippen LogP contribution in [0.3, 0.4) is 0 Å². The maximum Gasteiger partial charge on any atom is 0.253 e. The number of thioether (sulfide) groups is 1. The van der Waals surface area contributed by atoms with Gasteiger partial charge in [0.05, 0.1) is 12.1 Å². The number of hydrogen-bond acceptors (Lipinski definition) is 7. The number of nitrogens with two attached hydrogens (primary N) is 1. The van der Waals surface area contributed by atoms with E-state index in [1.54, 1.807) is 41.2 Å². The molecule has 1 aromatic heterocycles. The van der Waals surface area contributed by atoms with Crippen LogP contribution < -0.4 is 11.1 Å². The zero-order valence-electron chi connectivity index (χ0n) is 21.7. The third-order valence-electron chi connectivity index (χ3n) is 5.95. The first-order chi connectivity index (χ1) is 17.7. The van der Waals surface area contributed by atoms with Gasteiger partial charge < -0.3 is 26.2 Å². The summed E-state index contributed by atoms with van der Waals surface area (Å²) in [5, 5.41) is 24.2. The van der Waals surface area contributed by atoms with Gasteiger partial charge in [0.2, 0.25) is 5.91 Å². The minimum Gasteiger partial charge on any atom is -0.390 e. The number of aliphatic hydroxyl groups is 2. The van der Waals surface area contributed by atoms with Crippen LogP contribution >= 0.6 is 11.8 Å². The number of nitrogens with one attached hydrogen (secondary N) is 1. The summed E-state index contributed by atoms with van der Waals surface area (Å²) in [6, 6.07) is 6.86. The Morgan fingerprint density at radius 1 is 1.05 bits per heavy atom. The van der Waals surface area contributed by atoms with E-state index in [1.165, 1.54) is 18.2 Å². The molecule has 0 spiro atoms. The topological polar surface area (TPSA) is 146 Å². The quantitative estimate of drug-likeness (QED) is 0.276. The number of hydrogen-bond donors (Lipinski definition) is 4. The van der Waals surface area contributed by atoms with Crippen LogP contribution in [-0.2, 0) is 6.42 Å². The standard InChI is InChI=1S/C27H38N4O5S.H2/c1-4-11-31(12-5-2)27(36)21-16-19(25(28)34)15-20(17-21)26(35)30-22(14-18-6-9-29-10-7-18)24(33)23(32)8-13-37-3;/h6-7,9-10,15-17,22-24,32-33H,4-5,8,11-14H2,1-3H3,(H2,28,34)(H,30,35);1H. The normalized spacial score (nSPS) is 13.4. The van der Waals surface area contributed by atoms with Crippen molar-refractivity contribution in [2.75, 3.05) is 25.1 Å². The molecular weight excluding hydrogens is 492 g/mol. The van der Waals surface area contributed by atoms with E-state index in [2.05, 4.69) is 10.3 Å². The van der Waals surface area contributed by atoms with Crippen LogP contribution in [0.2, 0.25) is 0 Å². The van der Waals surface area contributed by atoms with Gasteiger partial charge >= 0.3 is 0 Å². The monoisotopic (exact) mass is 532 g/mol. The van der Waals surface area contributed by atoms with E-state index < -0.39 is 30.1 Å². The third-order valence-corrected chi connectivity index (χ3v) is 6.59. The molecule has 0 saturated heterocycles.